The third-order valence-corrected chi connectivity index (χ3v) is 5.96. The first-order valence-electron chi connectivity index (χ1n) is 5.34. The zero-order chi connectivity index (χ0) is 16.2. The van der Waals surface area contributed by atoms with Crippen molar-refractivity contribution in [3.8, 4) is 0 Å². The van der Waals surface area contributed by atoms with E-state index in [9.17, 15) is 18.0 Å². The second-order valence-electron chi connectivity index (χ2n) is 3.71. The number of carboxylic acids is 1. The summed E-state index contributed by atoms with van der Waals surface area (Å²) in [5, 5.41) is 8.93. The van der Waals surface area contributed by atoms with E-state index in [0.29, 0.717) is 0 Å². The molecule has 1 atom stereocenters. The first kappa shape index (κ1) is 18.0. The number of carboxylic acid groups (broad SMARTS) is 1. The van der Waals surface area contributed by atoms with Crippen LogP contribution in [0.25, 0.3) is 0 Å². The average molecular weight is 402 g/mol. The lowest BCUT2D eigenvalue weighted by atomic mass is 10.3. The summed E-state index contributed by atoms with van der Waals surface area (Å²) in [6.45, 7) is -0.333. The first-order chi connectivity index (χ1) is 9.72. The molecular weight excluding hydrogens is 390 g/mol. The molecule has 1 aromatic rings. The quantitative estimate of drug-likeness (QED) is 0.644. The van der Waals surface area contributed by atoms with E-state index in [2.05, 4.69) is 25.4 Å². The molecule has 118 valence electrons. The minimum absolute atomic E-state index is 0.0726. The molecule has 0 amide bonds. The fraction of sp³-hybridized carbons (Fsp3) is 0.400. The summed E-state index contributed by atoms with van der Waals surface area (Å²) in [5.74, 6) is -2.06. The number of carbonyl (C=O) groups excluding carboxylic acids is 1. The lowest BCUT2D eigenvalue weighted by molar-refractivity contribution is -0.140. The van der Waals surface area contributed by atoms with Gasteiger partial charge in [-0.15, -0.1) is 11.3 Å². The maximum atomic E-state index is 12.2. The SMILES string of the molecule is COCC(NS(=O)(=O)c1cc(C(=O)OC)sc1Br)C(=O)O. The van der Waals surface area contributed by atoms with Crippen molar-refractivity contribution in [3.63, 3.8) is 0 Å². The van der Waals surface area contributed by atoms with Crippen LogP contribution < -0.4 is 4.72 Å². The van der Waals surface area contributed by atoms with Gasteiger partial charge in [0.25, 0.3) is 0 Å². The van der Waals surface area contributed by atoms with Gasteiger partial charge in [-0.3, -0.25) is 4.79 Å². The van der Waals surface area contributed by atoms with E-state index in [1.54, 1.807) is 0 Å². The smallest absolute Gasteiger partial charge is 0.348 e. The van der Waals surface area contributed by atoms with Crippen molar-refractivity contribution in [2.75, 3.05) is 20.8 Å². The number of rotatable bonds is 7. The van der Waals surface area contributed by atoms with Gasteiger partial charge < -0.3 is 14.6 Å². The van der Waals surface area contributed by atoms with Gasteiger partial charge in [-0.1, -0.05) is 0 Å². The Bertz CT molecular complexity index is 640. The minimum atomic E-state index is -4.13. The highest BCUT2D eigenvalue weighted by Gasteiger charge is 2.29. The molecule has 1 rings (SSSR count). The molecule has 2 N–H and O–H groups in total. The standard InChI is InChI=1S/C10H12BrNO7S2/c1-18-4-5(9(13)14)12-21(16,17)7-3-6(10(15)19-2)20-8(7)11/h3,5,12H,4H2,1-2H3,(H,13,14). The van der Waals surface area contributed by atoms with Gasteiger partial charge in [-0.05, 0) is 22.0 Å². The van der Waals surface area contributed by atoms with E-state index >= 15 is 0 Å². The van der Waals surface area contributed by atoms with Crippen molar-refractivity contribution in [1.82, 2.24) is 4.72 Å². The number of thiophene rings is 1. The van der Waals surface area contributed by atoms with Crippen LogP contribution in [0.2, 0.25) is 0 Å². The van der Waals surface area contributed by atoms with Gasteiger partial charge in [0.05, 0.1) is 17.5 Å². The summed E-state index contributed by atoms with van der Waals surface area (Å²) in [7, 11) is -1.72. The highest BCUT2D eigenvalue weighted by atomic mass is 79.9. The van der Waals surface area contributed by atoms with Gasteiger partial charge in [-0.2, -0.15) is 4.72 Å². The van der Waals surface area contributed by atoms with E-state index in [1.165, 1.54) is 14.2 Å². The number of methoxy groups -OCH3 is 2. The molecule has 11 heteroatoms. The summed E-state index contributed by atoms with van der Waals surface area (Å²) in [6, 6.07) is -0.331. The summed E-state index contributed by atoms with van der Waals surface area (Å²) < 4.78 is 35.6. The number of halogens is 1. The summed E-state index contributed by atoms with van der Waals surface area (Å²) in [4.78, 5) is 22.2. The van der Waals surface area contributed by atoms with Gasteiger partial charge in [0.15, 0.2) is 0 Å². The van der Waals surface area contributed by atoms with Crippen molar-refractivity contribution >= 4 is 49.2 Å². The fourth-order valence-electron chi connectivity index (χ4n) is 1.31. The van der Waals surface area contributed by atoms with Crippen LogP contribution in [0.4, 0.5) is 0 Å². The Hall–Kier alpha value is -1.01. The Morgan fingerprint density at radius 1 is 1.48 bits per heavy atom. The van der Waals surface area contributed by atoms with E-state index < -0.39 is 28.0 Å². The van der Waals surface area contributed by atoms with Crippen LogP contribution in [0.5, 0.6) is 0 Å². The molecule has 8 nitrogen and oxygen atoms in total. The summed E-state index contributed by atoms with van der Waals surface area (Å²) in [6.07, 6.45) is 0. The fourth-order valence-corrected chi connectivity index (χ4v) is 4.97. The molecule has 1 aromatic heterocycles. The van der Waals surface area contributed by atoms with E-state index in [0.717, 1.165) is 17.4 Å². The van der Waals surface area contributed by atoms with Gasteiger partial charge in [-0.25, -0.2) is 13.2 Å². The largest absolute Gasteiger partial charge is 0.480 e. The third-order valence-electron chi connectivity index (χ3n) is 2.26. The van der Waals surface area contributed by atoms with Gasteiger partial charge >= 0.3 is 11.9 Å². The van der Waals surface area contributed by atoms with Crippen LogP contribution in [-0.2, 0) is 24.3 Å². The Balaban J connectivity index is 3.10. The molecule has 0 saturated carbocycles. The van der Waals surface area contributed by atoms with Crippen LogP contribution in [0, 0.1) is 0 Å². The normalized spacial score (nSPS) is 12.9. The number of esters is 1. The zero-order valence-corrected chi connectivity index (χ0v) is 14.2. The second kappa shape index (κ2) is 7.31. The first-order valence-corrected chi connectivity index (χ1v) is 8.44. The second-order valence-corrected chi connectivity index (χ2v) is 7.76. The van der Waals surface area contributed by atoms with Gasteiger partial charge in [0.1, 0.15) is 15.8 Å². The number of hydrogen-bond donors (Lipinski definition) is 2. The lowest BCUT2D eigenvalue weighted by Crippen LogP contribution is -2.43. The minimum Gasteiger partial charge on any atom is -0.480 e. The number of nitrogens with one attached hydrogen (secondary N) is 1. The van der Waals surface area contributed by atoms with E-state index in [-0.39, 0.29) is 20.2 Å². The highest BCUT2D eigenvalue weighted by molar-refractivity contribution is 9.11. The van der Waals surface area contributed by atoms with Crippen LogP contribution in [0.15, 0.2) is 14.7 Å². The maximum absolute atomic E-state index is 12.2. The van der Waals surface area contributed by atoms with Gasteiger partial charge in [0, 0.05) is 7.11 Å². The Morgan fingerprint density at radius 2 is 2.10 bits per heavy atom. The predicted octanol–water partition coefficient (Wildman–Crippen LogP) is 0.675. The highest BCUT2D eigenvalue weighted by Crippen LogP contribution is 2.32. The molecule has 0 radical (unpaired) electrons. The monoisotopic (exact) mass is 401 g/mol. The topological polar surface area (TPSA) is 119 Å². The number of carbonyl (C=O) groups is 2. The summed E-state index contributed by atoms with van der Waals surface area (Å²) in [5.41, 5.74) is 0. The van der Waals surface area contributed by atoms with Crippen LogP contribution >= 0.6 is 27.3 Å². The molecule has 0 aromatic carbocycles. The number of ether oxygens (including phenoxy) is 2. The molecule has 0 aliphatic carbocycles. The van der Waals surface area contributed by atoms with Gasteiger partial charge in [0.2, 0.25) is 10.0 Å². The molecule has 0 aliphatic rings. The molecular formula is C10H12BrNO7S2. The lowest BCUT2D eigenvalue weighted by Gasteiger charge is -2.13. The molecule has 0 spiro atoms. The Labute approximate surface area is 133 Å². The molecule has 1 heterocycles. The number of hydrogen-bond acceptors (Lipinski definition) is 7. The number of aliphatic carboxylic acids is 1. The van der Waals surface area contributed by atoms with E-state index in [4.69, 9.17) is 5.11 Å². The third kappa shape index (κ3) is 4.48. The number of sulfonamides is 1. The zero-order valence-electron chi connectivity index (χ0n) is 11.0. The molecule has 0 saturated heterocycles. The predicted molar refractivity (Wildman–Crippen MR) is 77.0 cm³/mol. The van der Waals surface area contributed by atoms with Crippen LogP contribution in [-0.4, -0.2) is 52.3 Å². The molecule has 0 fully saturated rings. The summed E-state index contributed by atoms with van der Waals surface area (Å²) >= 11 is 3.90. The van der Waals surface area contributed by atoms with E-state index in [1.807, 2.05) is 4.72 Å². The Morgan fingerprint density at radius 3 is 2.57 bits per heavy atom. The molecule has 21 heavy (non-hydrogen) atoms. The van der Waals surface area contributed by atoms with Crippen molar-refractivity contribution in [3.05, 3.63) is 14.7 Å². The van der Waals surface area contributed by atoms with Crippen molar-refractivity contribution < 1.29 is 32.6 Å². The average Bonchev–Trinajstić information content (AvgIpc) is 2.80. The van der Waals surface area contributed by atoms with Crippen molar-refractivity contribution in [2.45, 2.75) is 10.9 Å². The molecule has 1 unspecified atom stereocenters. The van der Waals surface area contributed by atoms with Crippen LogP contribution in [0.1, 0.15) is 9.67 Å². The molecule has 0 bridgehead atoms. The molecule has 0 aliphatic heterocycles. The van der Waals surface area contributed by atoms with Crippen molar-refractivity contribution in [1.29, 1.82) is 0 Å². The van der Waals surface area contributed by atoms with Crippen LogP contribution in [0.3, 0.4) is 0 Å². The Kier molecular flexibility index (Phi) is 6.28. The maximum Gasteiger partial charge on any atom is 0.348 e. The van der Waals surface area contributed by atoms with Crippen molar-refractivity contribution in [2.24, 2.45) is 0 Å².